The normalized spacial score (nSPS) is 19.4. The molecule has 1 amide bonds. The summed E-state index contributed by atoms with van der Waals surface area (Å²) >= 11 is 6.45. The van der Waals surface area contributed by atoms with E-state index < -0.39 is 29.1 Å². The Labute approximate surface area is 253 Å². The van der Waals surface area contributed by atoms with Crippen LogP contribution < -0.4 is 20.3 Å². The lowest BCUT2D eigenvalue weighted by Gasteiger charge is -2.42. The maximum absolute atomic E-state index is 14.5. The van der Waals surface area contributed by atoms with Crippen LogP contribution in [0, 0.1) is 17.1 Å². The zero-order valence-corrected chi connectivity index (χ0v) is 24.4. The van der Waals surface area contributed by atoms with Crippen molar-refractivity contribution in [3.8, 4) is 12.1 Å². The third-order valence-electron chi connectivity index (χ3n) is 8.72. The molecule has 12 heteroatoms. The molecular weight excluding hydrogens is 576 g/mol. The van der Waals surface area contributed by atoms with Crippen molar-refractivity contribution in [1.29, 1.82) is 5.26 Å². The quantitative estimate of drug-likeness (QED) is 0.386. The van der Waals surface area contributed by atoms with E-state index in [-0.39, 0.29) is 37.2 Å². The van der Waals surface area contributed by atoms with Crippen LogP contribution in [0.15, 0.2) is 42.7 Å². The summed E-state index contributed by atoms with van der Waals surface area (Å²) in [5.41, 5.74) is 8.49. The van der Waals surface area contributed by atoms with Crippen LogP contribution in [-0.2, 0) is 17.8 Å². The zero-order valence-electron chi connectivity index (χ0n) is 23.7. The Bertz CT molecular complexity index is 1640. The minimum Gasteiger partial charge on any atom is -0.461 e. The number of ether oxygens (including phenoxy) is 1. The number of nitrogens with two attached hydrogens (primary N) is 1. The number of fused-ring (bicyclic) bond motifs is 2. The Balaban J connectivity index is 1.35. The highest BCUT2D eigenvalue weighted by Crippen LogP contribution is 2.38. The van der Waals surface area contributed by atoms with Gasteiger partial charge in [-0.05, 0) is 43.2 Å². The molecular formula is C31H32ClF2N7O2. The van der Waals surface area contributed by atoms with Gasteiger partial charge in [0.1, 0.15) is 18.2 Å². The molecule has 1 aliphatic carbocycles. The van der Waals surface area contributed by atoms with E-state index in [1.54, 1.807) is 6.07 Å². The molecule has 2 aromatic carbocycles. The van der Waals surface area contributed by atoms with Gasteiger partial charge in [-0.3, -0.25) is 4.79 Å². The van der Waals surface area contributed by atoms with Gasteiger partial charge in [-0.15, -0.1) is 0 Å². The summed E-state index contributed by atoms with van der Waals surface area (Å²) < 4.78 is 34.3. The van der Waals surface area contributed by atoms with Gasteiger partial charge < -0.3 is 25.2 Å². The second-order valence-corrected chi connectivity index (χ2v) is 11.9. The molecule has 1 atom stereocenters. The minimum absolute atomic E-state index is 0.0357. The summed E-state index contributed by atoms with van der Waals surface area (Å²) in [6.07, 6.45) is 3.39. The fraction of sp³-hybridized carbons (Fsp3) is 0.419. The average molecular weight is 608 g/mol. The van der Waals surface area contributed by atoms with E-state index in [9.17, 15) is 18.8 Å². The van der Waals surface area contributed by atoms with Crippen molar-refractivity contribution in [2.75, 3.05) is 42.6 Å². The molecule has 2 fully saturated rings. The summed E-state index contributed by atoms with van der Waals surface area (Å²) in [5.74, 6) is -1.67. The summed E-state index contributed by atoms with van der Waals surface area (Å²) in [5, 5.41) is 11.0. The number of nitriles is 1. The predicted molar refractivity (Wildman–Crippen MR) is 160 cm³/mol. The van der Waals surface area contributed by atoms with Crippen LogP contribution in [0.25, 0.3) is 10.8 Å². The van der Waals surface area contributed by atoms with Gasteiger partial charge in [-0.25, -0.2) is 8.78 Å². The molecule has 3 aromatic rings. The molecule has 0 bridgehead atoms. The van der Waals surface area contributed by atoms with Crippen LogP contribution in [-0.4, -0.2) is 65.1 Å². The van der Waals surface area contributed by atoms with Gasteiger partial charge in [0.15, 0.2) is 5.83 Å². The largest absolute Gasteiger partial charge is 0.461 e. The Hall–Kier alpha value is -4.01. The standard InChI is InChI=1S/C31H32ClF2N7O2/c1-19(33)29(42)41-15-14-40(16-21(41)8-12-35)28-22-9-13-39(25-5-2-4-20-6-7-23(34)27(32)26(20)25)17-24(22)37-30(38-28)43-18-31(36)10-3-11-31/h2,4-7,21H,1,3,8-11,13-18,36H2/t21-/m0/s1. The Morgan fingerprint density at radius 3 is 2.74 bits per heavy atom. The minimum atomic E-state index is -1.05. The second-order valence-electron chi connectivity index (χ2n) is 11.5. The highest BCUT2D eigenvalue weighted by atomic mass is 35.5. The highest BCUT2D eigenvalue weighted by Gasteiger charge is 2.36. The van der Waals surface area contributed by atoms with Crippen molar-refractivity contribution in [2.45, 2.75) is 50.2 Å². The first-order valence-electron chi connectivity index (χ1n) is 14.4. The van der Waals surface area contributed by atoms with Gasteiger partial charge >= 0.3 is 6.01 Å². The topological polar surface area (TPSA) is 112 Å². The van der Waals surface area contributed by atoms with Gasteiger partial charge in [0, 0.05) is 42.8 Å². The van der Waals surface area contributed by atoms with Crippen molar-refractivity contribution in [3.05, 3.63) is 64.8 Å². The first kappa shape index (κ1) is 29.1. The molecule has 1 saturated heterocycles. The number of piperazine rings is 1. The zero-order chi connectivity index (χ0) is 30.3. The second kappa shape index (κ2) is 11.6. The summed E-state index contributed by atoms with van der Waals surface area (Å²) in [6.45, 7) is 5.32. The van der Waals surface area contributed by atoms with Crippen molar-refractivity contribution in [1.82, 2.24) is 14.9 Å². The number of aromatic nitrogens is 2. The van der Waals surface area contributed by atoms with E-state index in [0.29, 0.717) is 37.3 Å². The molecule has 3 aliphatic rings. The molecule has 2 N–H and O–H groups in total. The van der Waals surface area contributed by atoms with E-state index >= 15 is 0 Å². The molecule has 43 heavy (non-hydrogen) atoms. The number of halogens is 3. The first-order valence-corrected chi connectivity index (χ1v) is 14.8. The molecule has 1 aromatic heterocycles. The number of benzene rings is 2. The first-order chi connectivity index (χ1) is 20.7. The molecule has 0 unspecified atom stereocenters. The smallest absolute Gasteiger partial charge is 0.318 e. The van der Waals surface area contributed by atoms with E-state index in [1.165, 1.54) is 11.0 Å². The monoisotopic (exact) mass is 607 g/mol. The number of anilines is 2. The Kier molecular flexibility index (Phi) is 7.83. The Morgan fingerprint density at radius 1 is 1.21 bits per heavy atom. The van der Waals surface area contributed by atoms with Crippen LogP contribution in [0.1, 0.15) is 36.9 Å². The molecule has 224 valence electrons. The molecule has 3 heterocycles. The summed E-state index contributed by atoms with van der Waals surface area (Å²) in [4.78, 5) is 27.6. The average Bonchev–Trinajstić information content (AvgIpc) is 2.99. The van der Waals surface area contributed by atoms with Gasteiger partial charge in [0.05, 0.1) is 41.3 Å². The molecule has 0 radical (unpaired) electrons. The van der Waals surface area contributed by atoms with Crippen molar-refractivity contribution < 1.29 is 18.3 Å². The van der Waals surface area contributed by atoms with Crippen molar-refractivity contribution >= 4 is 39.8 Å². The number of amides is 1. The highest BCUT2D eigenvalue weighted by molar-refractivity contribution is 6.36. The van der Waals surface area contributed by atoms with E-state index in [0.717, 1.165) is 41.6 Å². The molecule has 6 rings (SSSR count). The van der Waals surface area contributed by atoms with E-state index in [2.05, 4.69) is 17.5 Å². The number of rotatable bonds is 7. The van der Waals surface area contributed by atoms with E-state index in [1.807, 2.05) is 23.1 Å². The van der Waals surface area contributed by atoms with Crippen molar-refractivity contribution in [3.63, 3.8) is 0 Å². The lowest BCUT2D eigenvalue weighted by molar-refractivity contribution is -0.131. The number of hydrogen-bond donors (Lipinski definition) is 1. The third kappa shape index (κ3) is 5.57. The predicted octanol–water partition coefficient (Wildman–Crippen LogP) is 4.66. The Morgan fingerprint density at radius 2 is 2.02 bits per heavy atom. The molecule has 0 spiro atoms. The lowest BCUT2D eigenvalue weighted by atomic mass is 9.78. The van der Waals surface area contributed by atoms with Gasteiger partial charge in [-0.1, -0.05) is 36.4 Å². The van der Waals surface area contributed by atoms with Crippen LogP contribution >= 0.6 is 11.6 Å². The fourth-order valence-corrected chi connectivity index (χ4v) is 6.48. The third-order valence-corrected chi connectivity index (χ3v) is 9.09. The van der Waals surface area contributed by atoms with Crippen LogP contribution in [0.2, 0.25) is 5.02 Å². The SMILES string of the molecule is C=C(F)C(=O)N1CCN(c2nc(OCC3(N)CCC3)nc3c2CCN(c2cccc4ccc(F)c(Cl)c24)C3)C[C@@H]1CC#N. The lowest BCUT2D eigenvalue weighted by Crippen LogP contribution is -2.56. The van der Waals surface area contributed by atoms with Crippen molar-refractivity contribution in [2.24, 2.45) is 5.73 Å². The van der Waals surface area contributed by atoms with Gasteiger partial charge in [-0.2, -0.15) is 15.2 Å². The number of carbonyl (C=O) groups excluding carboxylic acids is 1. The van der Waals surface area contributed by atoms with Crippen LogP contribution in [0.4, 0.5) is 20.3 Å². The molecule has 2 aliphatic heterocycles. The van der Waals surface area contributed by atoms with Gasteiger partial charge in [0.25, 0.3) is 5.91 Å². The maximum Gasteiger partial charge on any atom is 0.318 e. The van der Waals surface area contributed by atoms with E-state index in [4.69, 9.17) is 32.0 Å². The molecule has 1 saturated carbocycles. The van der Waals surface area contributed by atoms with Crippen LogP contribution in [0.5, 0.6) is 6.01 Å². The summed E-state index contributed by atoms with van der Waals surface area (Å²) in [6, 6.07) is 10.6. The summed E-state index contributed by atoms with van der Waals surface area (Å²) in [7, 11) is 0. The number of hydrogen-bond acceptors (Lipinski definition) is 8. The number of nitrogens with zero attached hydrogens (tertiary/aromatic N) is 6. The molecule has 9 nitrogen and oxygen atoms in total. The van der Waals surface area contributed by atoms with Gasteiger partial charge in [0.2, 0.25) is 0 Å². The maximum atomic E-state index is 14.5. The van der Waals surface area contributed by atoms with Crippen LogP contribution in [0.3, 0.4) is 0 Å². The number of carbonyl (C=O) groups is 1. The fourth-order valence-electron chi connectivity index (χ4n) is 6.21.